The van der Waals surface area contributed by atoms with Crippen molar-refractivity contribution in [1.29, 1.82) is 0 Å². The smallest absolute Gasteiger partial charge is 0.309 e. The van der Waals surface area contributed by atoms with Gasteiger partial charge in [0.1, 0.15) is 0 Å². The Hall–Kier alpha value is -0.570. The first-order valence-corrected chi connectivity index (χ1v) is 9.44. The lowest BCUT2D eigenvalue weighted by molar-refractivity contribution is -0.161. The number of hydrogen-bond acceptors (Lipinski definition) is 3. The van der Waals surface area contributed by atoms with Gasteiger partial charge in [-0.05, 0) is 44.4 Å². The second kappa shape index (κ2) is 8.69. The fourth-order valence-electron chi connectivity index (χ4n) is 2.58. The fourth-order valence-corrected chi connectivity index (χ4v) is 2.58. The van der Waals surface area contributed by atoms with Gasteiger partial charge in [-0.1, -0.05) is 55.4 Å². The zero-order chi connectivity index (χ0) is 19.3. The normalized spacial score (nSPS) is 17.3. The molecule has 0 radical (unpaired) electrons. The molecule has 3 atom stereocenters. The van der Waals surface area contributed by atoms with E-state index in [4.69, 9.17) is 9.47 Å². The molecule has 0 saturated heterocycles. The predicted molar refractivity (Wildman–Crippen MR) is 102 cm³/mol. The molecule has 0 aromatic heterocycles. The Morgan fingerprint density at radius 1 is 0.958 bits per heavy atom. The maximum absolute atomic E-state index is 12.7. The highest BCUT2D eigenvalue weighted by Crippen LogP contribution is 2.37. The molecule has 144 valence electrons. The lowest BCUT2D eigenvalue weighted by atomic mass is 9.72. The summed E-state index contributed by atoms with van der Waals surface area (Å²) in [6, 6.07) is 0. The molecule has 0 aromatic carbocycles. The second-order valence-electron chi connectivity index (χ2n) is 10.2. The van der Waals surface area contributed by atoms with Crippen LogP contribution in [0.2, 0.25) is 0 Å². The van der Waals surface area contributed by atoms with Crippen molar-refractivity contribution in [3.05, 3.63) is 0 Å². The molecule has 0 aromatic rings. The van der Waals surface area contributed by atoms with Gasteiger partial charge in [0.05, 0.1) is 24.2 Å². The van der Waals surface area contributed by atoms with Gasteiger partial charge in [0, 0.05) is 5.92 Å². The van der Waals surface area contributed by atoms with Crippen molar-refractivity contribution >= 4 is 5.97 Å². The van der Waals surface area contributed by atoms with E-state index in [1.165, 1.54) is 0 Å². The van der Waals surface area contributed by atoms with Crippen LogP contribution in [0, 0.1) is 22.7 Å². The Balaban J connectivity index is 4.83. The summed E-state index contributed by atoms with van der Waals surface area (Å²) in [5.74, 6) is -0.0300. The average molecular weight is 343 g/mol. The number of rotatable bonds is 8. The average Bonchev–Trinajstić information content (AvgIpc) is 2.38. The molecule has 0 N–H and O–H groups in total. The SMILES string of the molecule is CCC(C)OC(C)(C)C(C)COC(=O)C(CC(C)(C)C)C(C)(C)C. The van der Waals surface area contributed by atoms with Gasteiger partial charge in [0.2, 0.25) is 0 Å². The van der Waals surface area contributed by atoms with Crippen LogP contribution >= 0.6 is 0 Å². The van der Waals surface area contributed by atoms with Crippen LogP contribution in [0.1, 0.15) is 89.0 Å². The third-order valence-electron chi connectivity index (χ3n) is 4.89. The Kier molecular flexibility index (Phi) is 8.48. The van der Waals surface area contributed by atoms with E-state index in [1.54, 1.807) is 0 Å². The molecule has 0 rings (SSSR count). The summed E-state index contributed by atoms with van der Waals surface area (Å²) < 4.78 is 11.8. The second-order valence-corrected chi connectivity index (χ2v) is 10.2. The minimum atomic E-state index is -0.309. The molecular formula is C21H42O3. The molecule has 0 aliphatic carbocycles. The minimum Gasteiger partial charge on any atom is -0.465 e. The van der Waals surface area contributed by atoms with E-state index in [2.05, 4.69) is 76.2 Å². The fraction of sp³-hybridized carbons (Fsp3) is 0.952. The Bertz CT molecular complexity index is 385. The number of hydrogen-bond donors (Lipinski definition) is 0. The summed E-state index contributed by atoms with van der Waals surface area (Å²) in [6.07, 6.45) is 2.02. The van der Waals surface area contributed by atoms with E-state index < -0.39 is 0 Å². The molecule has 0 aliphatic rings. The number of ether oxygens (including phenoxy) is 2. The van der Waals surface area contributed by atoms with Crippen LogP contribution in [-0.4, -0.2) is 24.3 Å². The van der Waals surface area contributed by atoms with Gasteiger partial charge < -0.3 is 9.47 Å². The quantitative estimate of drug-likeness (QED) is 0.518. The Morgan fingerprint density at radius 2 is 1.46 bits per heavy atom. The van der Waals surface area contributed by atoms with Crippen molar-refractivity contribution in [2.75, 3.05) is 6.61 Å². The third-order valence-corrected chi connectivity index (χ3v) is 4.89. The molecule has 0 amide bonds. The van der Waals surface area contributed by atoms with E-state index in [9.17, 15) is 4.79 Å². The van der Waals surface area contributed by atoms with E-state index in [0.717, 1.165) is 12.8 Å². The van der Waals surface area contributed by atoms with Gasteiger partial charge in [0.25, 0.3) is 0 Å². The van der Waals surface area contributed by atoms with Crippen molar-refractivity contribution in [2.45, 2.75) is 101 Å². The van der Waals surface area contributed by atoms with Gasteiger partial charge >= 0.3 is 5.97 Å². The highest BCUT2D eigenvalue weighted by Gasteiger charge is 2.37. The first-order chi connectivity index (χ1) is 10.6. The van der Waals surface area contributed by atoms with Crippen molar-refractivity contribution in [3.8, 4) is 0 Å². The van der Waals surface area contributed by atoms with Crippen LogP contribution in [0.25, 0.3) is 0 Å². The maximum atomic E-state index is 12.7. The molecule has 0 spiro atoms. The molecule has 3 nitrogen and oxygen atoms in total. The third kappa shape index (κ3) is 8.50. The molecule has 0 bridgehead atoms. The summed E-state index contributed by atoms with van der Waals surface area (Å²) in [5, 5.41) is 0. The van der Waals surface area contributed by atoms with E-state index in [1.807, 2.05) is 0 Å². The van der Waals surface area contributed by atoms with Crippen LogP contribution in [0.15, 0.2) is 0 Å². The number of carbonyl (C=O) groups is 1. The summed E-state index contributed by atoms with van der Waals surface area (Å²) in [6.45, 7) is 23.7. The van der Waals surface area contributed by atoms with Crippen LogP contribution < -0.4 is 0 Å². The van der Waals surface area contributed by atoms with Crippen LogP contribution in [-0.2, 0) is 14.3 Å². The van der Waals surface area contributed by atoms with Gasteiger partial charge in [0.15, 0.2) is 0 Å². The largest absolute Gasteiger partial charge is 0.465 e. The van der Waals surface area contributed by atoms with Gasteiger partial charge in [-0.3, -0.25) is 4.79 Å². The molecule has 0 aliphatic heterocycles. The van der Waals surface area contributed by atoms with Crippen molar-refractivity contribution in [2.24, 2.45) is 22.7 Å². The summed E-state index contributed by atoms with van der Waals surface area (Å²) in [7, 11) is 0. The lowest BCUT2D eigenvalue weighted by Gasteiger charge is -2.36. The molecule has 24 heavy (non-hydrogen) atoms. The van der Waals surface area contributed by atoms with Crippen molar-refractivity contribution in [3.63, 3.8) is 0 Å². The number of carbonyl (C=O) groups excluding carboxylic acids is 1. The molecule has 0 fully saturated rings. The number of esters is 1. The van der Waals surface area contributed by atoms with Crippen LogP contribution in [0.5, 0.6) is 0 Å². The summed E-state index contributed by atoms with van der Waals surface area (Å²) >= 11 is 0. The first kappa shape index (κ1) is 23.4. The highest BCUT2D eigenvalue weighted by atomic mass is 16.5. The van der Waals surface area contributed by atoms with E-state index in [-0.39, 0.29) is 40.3 Å². The van der Waals surface area contributed by atoms with Crippen molar-refractivity contribution < 1.29 is 14.3 Å². The topological polar surface area (TPSA) is 35.5 Å². The monoisotopic (exact) mass is 342 g/mol. The molecule has 3 heteroatoms. The molecule has 0 saturated carbocycles. The zero-order valence-corrected chi connectivity index (χ0v) is 18.1. The van der Waals surface area contributed by atoms with Gasteiger partial charge in [-0.2, -0.15) is 0 Å². The molecule has 0 heterocycles. The van der Waals surface area contributed by atoms with Crippen LogP contribution in [0.3, 0.4) is 0 Å². The lowest BCUT2D eigenvalue weighted by Crippen LogP contribution is -2.40. The Morgan fingerprint density at radius 3 is 1.83 bits per heavy atom. The summed E-state index contributed by atoms with van der Waals surface area (Å²) in [5.41, 5.74) is -0.311. The maximum Gasteiger partial charge on any atom is 0.309 e. The standard InChI is InChI=1S/C21H42O3/c1-12-16(3)24-21(10,11)15(2)14-23-18(22)17(20(7,8)9)13-19(4,5)6/h15-17H,12-14H2,1-11H3. The first-order valence-electron chi connectivity index (χ1n) is 9.44. The highest BCUT2D eigenvalue weighted by molar-refractivity contribution is 5.73. The summed E-state index contributed by atoms with van der Waals surface area (Å²) in [4.78, 5) is 12.7. The molecular weight excluding hydrogens is 300 g/mol. The van der Waals surface area contributed by atoms with E-state index >= 15 is 0 Å². The van der Waals surface area contributed by atoms with E-state index in [0.29, 0.717) is 6.61 Å². The minimum absolute atomic E-state index is 0.0800. The zero-order valence-electron chi connectivity index (χ0n) is 18.1. The van der Waals surface area contributed by atoms with Crippen LogP contribution in [0.4, 0.5) is 0 Å². The Labute approximate surface area is 150 Å². The van der Waals surface area contributed by atoms with Gasteiger partial charge in [-0.15, -0.1) is 0 Å². The predicted octanol–water partition coefficient (Wildman–Crippen LogP) is 5.86. The van der Waals surface area contributed by atoms with Crippen molar-refractivity contribution in [1.82, 2.24) is 0 Å². The van der Waals surface area contributed by atoms with Gasteiger partial charge in [-0.25, -0.2) is 0 Å². The molecule has 3 unspecified atom stereocenters.